The van der Waals surface area contributed by atoms with Gasteiger partial charge in [0.25, 0.3) is 0 Å². The van der Waals surface area contributed by atoms with E-state index < -0.39 is 5.54 Å². The van der Waals surface area contributed by atoms with E-state index in [1.54, 1.807) is 31.0 Å². The summed E-state index contributed by atoms with van der Waals surface area (Å²) in [5.74, 6) is 1.51. The minimum atomic E-state index is -0.874. The van der Waals surface area contributed by atoms with Crippen LogP contribution in [0.4, 0.5) is 5.69 Å². The van der Waals surface area contributed by atoms with E-state index in [9.17, 15) is 9.59 Å². The smallest absolute Gasteiger partial charge is 0.242 e. The van der Waals surface area contributed by atoms with Crippen molar-refractivity contribution in [1.82, 2.24) is 20.0 Å². The zero-order valence-corrected chi connectivity index (χ0v) is 20.9. The Balaban J connectivity index is 1.63. The van der Waals surface area contributed by atoms with Crippen LogP contribution in [0, 0.1) is 5.92 Å². The number of amidine groups is 1. The lowest BCUT2D eigenvalue weighted by Gasteiger charge is -2.38. The predicted octanol–water partition coefficient (Wildman–Crippen LogP) is 2.13. The molecule has 2 aliphatic rings. The predicted molar refractivity (Wildman–Crippen MR) is 137 cm³/mol. The van der Waals surface area contributed by atoms with Gasteiger partial charge in [0.2, 0.25) is 12.3 Å². The van der Waals surface area contributed by atoms with Crippen LogP contribution in [0.15, 0.2) is 41.5 Å². The maximum absolute atomic E-state index is 12.5. The molecule has 3 rings (SSSR count). The normalized spacial score (nSPS) is 20.6. The second kappa shape index (κ2) is 12.1. The van der Waals surface area contributed by atoms with E-state index in [4.69, 9.17) is 10.7 Å². The number of piperidine rings is 1. The Labute approximate surface area is 203 Å². The van der Waals surface area contributed by atoms with Crippen molar-refractivity contribution in [3.8, 4) is 0 Å². The summed E-state index contributed by atoms with van der Waals surface area (Å²) in [6.07, 6.45) is 7.70. The summed E-state index contributed by atoms with van der Waals surface area (Å²) >= 11 is 0. The first kappa shape index (κ1) is 25.9. The molecule has 8 heteroatoms. The summed E-state index contributed by atoms with van der Waals surface area (Å²) in [4.78, 5) is 34.5. The molecular weight excluding hydrogens is 428 g/mol. The number of rotatable bonds is 8. The molecule has 0 bridgehead atoms. The molecule has 1 aromatic rings. The van der Waals surface area contributed by atoms with Crippen molar-refractivity contribution in [2.75, 3.05) is 45.8 Å². The van der Waals surface area contributed by atoms with Crippen LogP contribution in [0.3, 0.4) is 0 Å². The number of hydrogen-bond donors (Lipinski definition) is 2. The average molecular weight is 469 g/mol. The largest absolute Gasteiger partial charge is 0.353 e. The molecular formula is C26H40N6O2. The van der Waals surface area contributed by atoms with Crippen LogP contribution in [0.5, 0.6) is 0 Å². The quantitative estimate of drug-likeness (QED) is 0.346. The number of amides is 2. The molecule has 8 nitrogen and oxygen atoms in total. The number of carbonyl (C=O) groups is 2. The van der Waals surface area contributed by atoms with Crippen molar-refractivity contribution in [2.24, 2.45) is 16.6 Å². The van der Waals surface area contributed by atoms with Gasteiger partial charge in [-0.25, -0.2) is 4.99 Å². The first-order valence-electron chi connectivity index (χ1n) is 12.4. The molecule has 2 saturated heterocycles. The number of aliphatic imine (C=N–C) groups is 1. The van der Waals surface area contributed by atoms with Crippen LogP contribution >= 0.6 is 0 Å². The highest BCUT2D eigenvalue weighted by Crippen LogP contribution is 2.19. The highest BCUT2D eigenvalue weighted by Gasteiger charge is 2.30. The molecule has 1 aromatic carbocycles. The summed E-state index contributed by atoms with van der Waals surface area (Å²) < 4.78 is 0. The average Bonchev–Trinajstić information content (AvgIpc) is 2.82. The maximum atomic E-state index is 12.5. The van der Waals surface area contributed by atoms with E-state index in [1.807, 2.05) is 12.1 Å². The minimum Gasteiger partial charge on any atom is -0.353 e. The fraction of sp³-hybridized carbons (Fsp3) is 0.577. The fourth-order valence-electron chi connectivity index (χ4n) is 4.57. The fourth-order valence-corrected chi connectivity index (χ4v) is 4.57. The maximum Gasteiger partial charge on any atom is 0.242 e. The minimum absolute atomic E-state index is 0.0431. The highest BCUT2D eigenvalue weighted by molar-refractivity contribution is 5.95. The van der Waals surface area contributed by atoms with Gasteiger partial charge >= 0.3 is 0 Å². The summed E-state index contributed by atoms with van der Waals surface area (Å²) in [6.45, 7) is 11.8. The topological polar surface area (TPSA) is 94.3 Å². The lowest BCUT2D eigenvalue weighted by atomic mass is 10.00. The van der Waals surface area contributed by atoms with E-state index >= 15 is 0 Å². The molecule has 2 aliphatic heterocycles. The number of likely N-dealkylation sites (tertiary alicyclic amines) is 1. The first-order chi connectivity index (χ1) is 16.3. The molecule has 0 aromatic heterocycles. The molecule has 2 fully saturated rings. The Kier molecular flexibility index (Phi) is 9.24. The van der Waals surface area contributed by atoms with Gasteiger partial charge in [0.15, 0.2) is 0 Å². The van der Waals surface area contributed by atoms with Crippen molar-refractivity contribution in [3.05, 3.63) is 42.1 Å². The number of nitrogens with zero attached hydrogens (tertiary/aromatic N) is 4. The standard InChI is InChI=1S/C26H40N6O2/c1-21-5-4-13-30(19-21)14-11-22-6-8-23(9-7-22)29-24(10-12-28-20-33)31-15-17-32(18-16-31)25(34)26(2,3)27/h6-10,12,20-21H,4-5,11,13-19,27H2,1-3H3,(H,28,33)/b12-10-,29-24?. The summed E-state index contributed by atoms with van der Waals surface area (Å²) in [6, 6.07) is 8.39. The van der Waals surface area contributed by atoms with Gasteiger partial charge < -0.3 is 25.8 Å². The monoisotopic (exact) mass is 468 g/mol. The van der Waals surface area contributed by atoms with Crippen molar-refractivity contribution in [1.29, 1.82) is 0 Å². The van der Waals surface area contributed by atoms with Crippen LogP contribution in [0.25, 0.3) is 0 Å². The van der Waals surface area contributed by atoms with Crippen LogP contribution in [0.2, 0.25) is 0 Å². The Morgan fingerprint density at radius 2 is 1.82 bits per heavy atom. The number of hydrogen-bond acceptors (Lipinski definition) is 5. The molecule has 3 N–H and O–H groups in total. The molecule has 2 amide bonds. The molecule has 2 heterocycles. The summed E-state index contributed by atoms with van der Waals surface area (Å²) in [7, 11) is 0. The lowest BCUT2D eigenvalue weighted by molar-refractivity contribution is -0.137. The lowest BCUT2D eigenvalue weighted by Crippen LogP contribution is -2.57. The van der Waals surface area contributed by atoms with Crippen LogP contribution < -0.4 is 11.1 Å². The SMILES string of the molecule is CC1CCCN(CCc2ccc(N=C(/C=C\NC=O)N3CCN(C(=O)C(C)(C)N)CC3)cc2)C1. The number of nitrogens with two attached hydrogens (primary N) is 1. The van der Waals surface area contributed by atoms with Crippen LogP contribution in [0.1, 0.15) is 39.2 Å². The van der Waals surface area contributed by atoms with Crippen molar-refractivity contribution < 1.29 is 9.59 Å². The molecule has 1 atom stereocenters. The summed E-state index contributed by atoms with van der Waals surface area (Å²) in [5.41, 5.74) is 7.29. The molecule has 0 radical (unpaired) electrons. The van der Waals surface area contributed by atoms with Gasteiger partial charge in [0, 0.05) is 45.5 Å². The first-order valence-corrected chi connectivity index (χ1v) is 12.4. The van der Waals surface area contributed by atoms with Crippen molar-refractivity contribution in [3.63, 3.8) is 0 Å². The van der Waals surface area contributed by atoms with Gasteiger partial charge in [-0.2, -0.15) is 0 Å². The highest BCUT2D eigenvalue weighted by atomic mass is 16.2. The van der Waals surface area contributed by atoms with E-state index in [0.29, 0.717) is 32.6 Å². The Morgan fingerprint density at radius 1 is 1.15 bits per heavy atom. The van der Waals surface area contributed by atoms with Gasteiger partial charge in [-0.05, 0) is 69.3 Å². The second-order valence-corrected chi connectivity index (χ2v) is 10.1. The Bertz CT molecular complexity index is 866. The second-order valence-electron chi connectivity index (χ2n) is 10.1. The Morgan fingerprint density at radius 3 is 2.44 bits per heavy atom. The molecule has 0 saturated carbocycles. The molecule has 186 valence electrons. The van der Waals surface area contributed by atoms with Crippen LogP contribution in [-0.2, 0) is 16.0 Å². The number of piperazine rings is 1. The third-order valence-corrected chi connectivity index (χ3v) is 6.48. The van der Waals surface area contributed by atoms with E-state index in [2.05, 4.69) is 34.2 Å². The molecule has 1 unspecified atom stereocenters. The van der Waals surface area contributed by atoms with E-state index in [-0.39, 0.29) is 5.91 Å². The molecule has 0 aliphatic carbocycles. The van der Waals surface area contributed by atoms with Crippen LogP contribution in [-0.4, -0.2) is 84.2 Å². The van der Waals surface area contributed by atoms with Gasteiger partial charge in [0.05, 0.1) is 11.2 Å². The zero-order chi connectivity index (χ0) is 24.6. The van der Waals surface area contributed by atoms with E-state index in [1.165, 1.54) is 31.5 Å². The van der Waals surface area contributed by atoms with Gasteiger partial charge in [-0.3, -0.25) is 9.59 Å². The van der Waals surface area contributed by atoms with Crippen molar-refractivity contribution in [2.45, 2.75) is 45.6 Å². The number of benzene rings is 1. The molecule has 0 spiro atoms. The summed E-state index contributed by atoms with van der Waals surface area (Å²) in [5, 5.41) is 2.56. The Hall–Kier alpha value is -2.71. The molecule has 34 heavy (non-hydrogen) atoms. The zero-order valence-electron chi connectivity index (χ0n) is 20.9. The third-order valence-electron chi connectivity index (χ3n) is 6.48. The van der Waals surface area contributed by atoms with Gasteiger partial charge in [-0.1, -0.05) is 19.1 Å². The number of nitrogens with one attached hydrogen (secondary N) is 1. The van der Waals surface area contributed by atoms with E-state index in [0.717, 1.165) is 30.4 Å². The number of carbonyl (C=O) groups excluding carboxylic acids is 2. The van der Waals surface area contributed by atoms with Gasteiger partial charge in [0.1, 0.15) is 5.84 Å². The third kappa shape index (κ3) is 7.67. The van der Waals surface area contributed by atoms with Gasteiger partial charge in [-0.15, -0.1) is 0 Å². The van der Waals surface area contributed by atoms with Crippen molar-refractivity contribution >= 4 is 23.8 Å².